The first-order chi connectivity index (χ1) is 8.34. The molecule has 0 atom stereocenters. The summed E-state index contributed by atoms with van der Waals surface area (Å²) in [4.78, 5) is 13.5. The molecule has 0 aromatic heterocycles. The summed E-state index contributed by atoms with van der Waals surface area (Å²) in [5.74, 6) is 0. The molecule has 0 unspecified atom stereocenters. The number of hydrogen-bond acceptors (Lipinski definition) is 3. The van der Waals surface area contributed by atoms with Crippen molar-refractivity contribution in [3.63, 3.8) is 0 Å². The molecule has 2 aliphatic rings. The average molecular weight is 258 g/mol. The lowest BCUT2D eigenvalue weighted by atomic mass is 9.61. The lowest BCUT2D eigenvalue weighted by Gasteiger charge is -2.58. The Morgan fingerprint density at radius 2 is 2.06 bits per heavy atom. The highest BCUT2D eigenvalue weighted by Gasteiger charge is 2.54. The number of halogens is 1. The highest BCUT2D eigenvalue weighted by Crippen LogP contribution is 2.48. The lowest BCUT2D eigenvalue weighted by Crippen LogP contribution is -2.67. The van der Waals surface area contributed by atoms with Gasteiger partial charge in [-0.25, -0.2) is 9.18 Å². The number of likely N-dealkylation sites (tertiary alicyclic amines) is 1. The van der Waals surface area contributed by atoms with E-state index in [1.165, 1.54) is 0 Å². The summed E-state index contributed by atoms with van der Waals surface area (Å²) >= 11 is 0. The highest BCUT2D eigenvalue weighted by atomic mass is 19.1. The molecule has 4 nitrogen and oxygen atoms in total. The first-order valence-electron chi connectivity index (χ1n) is 6.61. The predicted octanol–water partition coefficient (Wildman–Crippen LogP) is 1.95. The molecule has 0 bridgehead atoms. The van der Waals surface area contributed by atoms with Crippen molar-refractivity contribution in [3.05, 3.63) is 0 Å². The Labute approximate surface area is 108 Å². The summed E-state index contributed by atoms with van der Waals surface area (Å²) in [5.41, 5.74) is -0.143. The van der Waals surface area contributed by atoms with Gasteiger partial charge in [-0.05, 0) is 33.6 Å². The zero-order valence-electron chi connectivity index (χ0n) is 11.5. The van der Waals surface area contributed by atoms with Crippen LogP contribution < -0.4 is 5.32 Å². The predicted molar refractivity (Wildman–Crippen MR) is 67.2 cm³/mol. The van der Waals surface area contributed by atoms with Crippen LogP contribution in [0.15, 0.2) is 0 Å². The number of amides is 1. The molecule has 1 amide bonds. The van der Waals surface area contributed by atoms with Gasteiger partial charge in [0.05, 0.1) is 0 Å². The molecule has 2 rings (SSSR count). The fraction of sp³-hybridized carbons (Fsp3) is 0.923. The van der Waals surface area contributed by atoms with Crippen LogP contribution in [0.3, 0.4) is 0 Å². The maximum absolute atomic E-state index is 12.0. The number of nitrogens with one attached hydrogen (secondary N) is 1. The topological polar surface area (TPSA) is 41.6 Å². The van der Waals surface area contributed by atoms with E-state index in [2.05, 4.69) is 5.32 Å². The van der Waals surface area contributed by atoms with E-state index in [0.717, 1.165) is 25.9 Å². The number of rotatable bonds is 3. The van der Waals surface area contributed by atoms with E-state index in [-0.39, 0.29) is 18.2 Å². The van der Waals surface area contributed by atoms with Crippen LogP contribution in [-0.2, 0) is 4.74 Å². The molecule has 0 aromatic rings. The Hall–Kier alpha value is -0.840. The van der Waals surface area contributed by atoms with E-state index in [9.17, 15) is 9.18 Å². The molecule has 1 aliphatic heterocycles. The number of ether oxygens (including phenoxy) is 1. The van der Waals surface area contributed by atoms with Crippen molar-refractivity contribution in [3.8, 4) is 0 Å². The molecule has 1 N–H and O–H groups in total. The minimum Gasteiger partial charge on any atom is -0.444 e. The van der Waals surface area contributed by atoms with E-state index in [1.807, 2.05) is 20.8 Å². The van der Waals surface area contributed by atoms with Gasteiger partial charge in [0, 0.05) is 31.1 Å². The van der Waals surface area contributed by atoms with Crippen LogP contribution in [0.2, 0.25) is 0 Å². The molecule has 1 heterocycles. The Kier molecular flexibility index (Phi) is 3.54. The molecular formula is C13H23FN2O2. The van der Waals surface area contributed by atoms with Crippen molar-refractivity contribution in [2.45, 2.75) is 45.3 Å². The summed E-state index contributed by atoms with van der Waals surface area (Å²) in [6.45, 7) is 7.33. The average Bonchev–Trinajstić information content (AvgIpc) is 2.09. The van der Waals surface area contributed by atoms with Crippen LogP contribution in [0.1, 0.15) is 33.6 Å². The third-order valence-corrected chi connectivity index (χ3v) is 3.59. The largest absolute Gasteiger partial charge is 0.444 e. The Morgan fingerprint density at radius 3 is 2.56 bits per heavy atom. The lowest BCUT2D eigenvalue weighted by molar-refractivity contribution is -0.0828. The number of nitrogens with zero attached hydrogens (tertiary/aromatic N) is 1. The van der Waals surface area contributed by atoms with Crippen molar-refractivity contribution >= 4 is 6.09 Å². The van der Waals surface area contributed by atoms with E-state index in [0.29, 0.717) is 12.6 Å². The second kappa shape index (κ2) is 4.68. The van der Waals surface area contributed by atoms with Gasteiger partial charge in [-0.2, -0.15) is 0 Å². The maximum Gasteiger partial charge on any atom is 0.410 e. The van der Waals surface area contributed by atoms with Gasteiger partial charge < -0.3 is 15.0 Å². The third kappa shape index (κ3) is 2.94. The maximum atomic E-state index is 12.0. The van der Waals surface area contributed by atoms with Gasteiger partial charge in [-0.15, -0.1) is 0 Å². The van der Waals surface area contributed by atoms with Crippen molar-refractivity contribution in [1.29, 1.82) is 0 Å². The van der Waals surface area contributed by atoms with E-state index >= 15 is 0 Å². The number of hydrogen-bond donors (Lipinski definition) is 1. The third-order valence-electron chi connectivity index (χ3n) is 3.59. The summed E-state index contributed by atoms with van der Waals surface area (Å²) in [6.07, 6.45) is 1.88. The van der Waals surface area contributed by atoms with Crippen LogP contribution in [-0.4, -0.2) is 48.9 Å². The molecular weight excluding hydrogens is 235 g/mol. The van der Waals surface area contributed by atoms with E-state index in [1.54, 1.807) is 4.90 Å². The van der Waals surface area contributed by atoms with Gasteiger partial charge >= 0.3 is 6.09 Å². The summed E-state index contributed by atoms with van der Waals surface area (Å²) in [5, 5.41) is 3.16. The van der Waals surface area contributed by atoms with Crippen molar-refractivity contribution in [1.82, 2.24) is 10.2 Å². The van der Waals surface area contributed by atoms with Gasteiger partial charge in [0.25, 0.3) is 0 Å². The Balaban J connectivity index is 1.67. The van der Waals surface area contributed by atoms with Gasteiger partial charge in [0.15, 0.2) is 0 Å². The van der Waals surface area contributed by atoms with E-state index < -0.39 is 5.60 Å². The molecule has 1 spiro atoms. The van der Waals surface area contributed by atoms with Gasteiger partial charge in [-0.3, -0.25) is 0 Å². The quantitative estimate of drug-likeness (QED) is 0.841. The SMILES string of the molecule is CC(C)(C)OC(=O)N1CC2(CC(NCCF)C2)C1. The molecule has 18 heavy (non-hydrogen) atoms. The first-order valence-corrected chi connectivity index (χ1v) is 6.61. The van der Waals surface area contributed by atoms with Crippen LogP contribution >= 0.6 is 0 Å². The van der Waals surface area contributed by atoms with Crippen LogP contribution in [0.25, 0.3) is 0 Å². The highest BCUT2D eigenvalue weighted by molar-refractivity contribution is 5.69. The van der Waals surface area contributed by atoms with Crippen LogP contribution in [0.4, 0.5) is 9.18 Å². The molecule has 2 fully saturated rings. The number of carbonyl (C=O) groups is 1. The standard InChI is InChI=1S/C13H23FN2O2/c1-12(2,3)18-11(17)16-8-13(9-16)6-10(7-13)15-5-4-14/h10,15H,4-9H2,1-3H3. The fourth-order valence-corrected chi connectivity index (χ4v) is 2.87. The summed E-state index contributed by atoms with van der Waals surface area (Å²) in [6, 6.07) is 0.432. The molecule has 1 aliphatic carbocycles. The van der Waals surface area contributed by atoms with Crippen LogP contribution in [0, 0.1) is 5.41 Å². The normalized spacial score (nSPS) is 22.6. The summed E-state index contributed by atoms with van der Waals surface area (Å²) < 4.78 is 17.3. The van der Waals surface area contributed by atoms with Gasteiger partial charge in [0.1, 0.15) is 12.3 Å². The molecule has 0 aromatic carbocycles. The minimum absolute atomic E-state index is 0.215. The Bertz CT molecular complexity index is 313. The molecule has 104 valence electrons. The molecule has 5 heteroatoms. The van der Waals surface area contributed by atoms with E-state index in [4.69, 9.17) is 4.74 Å². The van der Waals surface area contributed by atoms with Crippen molar-refractivity contribution in [2.24, 2.45) is 5.41 Å². The fourth-order valence-electron chi connectivity index (χ4n) is 2.87. The zero-order valence-corrected chi connectivity index (χ0v) is 11.5. The molecule has 0 radical (unpaired) electrons. The second-order valence-corrected chi connectivity index (χ2v) is 6.58. The first kappa shape index (κ1) is 13.6. The number of carbonyl (C=O) groups excluding carboxylic acids is 1. The van der Waals surface area contributed by atoms with Crippen molar-refractivity contribution in [2.75, 3.05) is 26.3 Å². The minimum atomic E-state index is -0.426. The number of alkyl halides is 1. The smallest absolute Gasteiger partial charge is 0.410 e. The monoisotopic (exact) mass is 258 g/mol. The van der Waals surface area contributed by atoms with Crippen LogP contribution in [0.5, 0.6) is 0 Å². The molecule has 1 saturated heterocycles. The van der Waals surface area contributed by atoms with Gasteiger partial charge in [0.2, 0.25) is 0 Å². The second-order valence-electron chi connectivity index (χ2n) is 6.58. The van der Waals surface area contributed by atoms with Crippen molar-refractivity contribution < 1.29 is 13.9 Å². The summed E-state index contributed by atoms with van der Waals surface area (Å²) in [7, 11) is 0. The zero-order chi connectivity index (χ0) is 13.4. The van der Waals surface area contributed by atoms with Gasteiger partial charge in [-0.1, -0.05) is 0 Å². The molecule has 1 saturated carbocycles. The Morgan fingerprint density at radius 1 is 1.44 bits per heavy atom.